The number of carboxylic acids is 1. The van der Waals surface area contributed by atoms with Crippen LogP contribution in [0.2, 0.25) is 0 Å². The van der Waals surface area contributed by atoms with Crippen molar-refractivity contribution in [3.05, 3.63) is 30.2 Å². The van der Waals surface area contributed by atoms with E-state index in [0.717, 1.165) is 42.6 Å². The second kappa shape index (κ2) is 8.43. The van der Waals surface area contributed by atoms with E-state index in [2.05, 4.69) is 19.2 Å². The van der Waals surface area contributed by atoms with E-state index in [0.29, 0.717) is 6.42 Å². The highest BCUT2D eigenvalue weighted by molar-refractivity contribution is 7.09. The number of hydrogen-bond donors (Lipinski definition) is 0. The smallest absolute Gasteiger partial charge is 0.210 e. The van der Waals surface area contributed by atoms with Crippen molar-refractivity contribution in [3.63, 3.8) is 0 Å². The van der Waals surface area contributed by atoms with Crippen LogP contribution in [0.25, 0.3) is 0 Å². The molecule has 0 aliphatic carbocycles. The minimum absolute atomic E-state index is 0.138. The number of aliphatic carboxylic acids is 1. The van der Waals surface area contributed by atoms with Crippen molar-refractivity contribution in [2.45, 2.75) is 39.0 Å². The Labute approximate surface area is 134 Å². The SMILES string of the molecule is Cc1nsc(N(CCCCCCC(=O)[O-])c2ccccn2)n1. The molecular weight excluding hydrogens is 300 g/mol. The van der Waals surface area contributed by atoms with E-state index in [1.807, 2.05) is 25.1 Å². The summed E-state index contributed by atoms with van der Waals surface area (Å²) in [7, 11) is 0. The lowest BCUT2D eigenvalue weighted by atomic mass is 10.1. The molecule has 2 aromatic heterocycles. The van der Waals surface area contributed by atoms with Crippen LogP contribution in [0.15, 0.2) is 24.4 Å². The van der Waals surface area contributed by atoms with Crippen molar-refractivity contribution < 1.29 is 9.90 Å². The first kappa shape index (κ1) is 16.4. The number of unbranched alkanes of at least 4 members (excludes halogenated alkanes) is 3. The number of rotatable bonds is 9. The third-order valence-electron chi connectivity index (χ3n) is 3.19. The van der Waals surface area contributed by atoms with Crippen LogP contribution in [0.4, 0.5) is 10.9 Å². The largest absolute Gasteiger partial charge is 0.550 e. The van der Waals surface area contributed by atoms with Crippen LogP contribution in [0.3, 0.4) is 0 Å². The molecule has 0 bridgehead atoms. The molecule has 0 radical (unpaired) electrons. The molecule has 0 saturated heterocycles. The zero-order valence-corrected chi connectivity index (χ0v) is 13.4. The minimum Gasteiger partial charge on any atom is -0.550 e. The van der Waals surface area contributed by atoms with Gasteiger partial charge >= 0.3 is 0 Å². The molecule has 2 heterocycles. The predicted octanol–water partition coefficient (Wildman–Crippen LogP) is 2.08. The number of carboxylic acid groups (broad SMARTS) is 1. The molecule has 0 unspecified atom stereocenters. The van der Waals surface area contributed by atoms with Crippen molar-refractivity contribution in [1.82, 2.24) is 14.3 Å². The Morgan fingerprint density at radius 3 is 2.73 bits per heavy atom. The zero-order chi connectivity index (χ0) is 15.8. The molecule has 0 aliphatic heterocycles. The Hall–Kier alpha value is -2.02. The highest BCUT2D eigenvalue weighted by Gasteiger charge is 2.14. The number of carbonyl (C=O) groups is 1. The number of aryl methyl sites for hydroxylation is 1. The third kappa shape index (κ3) is 5.07. The van der Waals surface area contributed by atoms with Gasteiger partial charge in [0.25, 0.3) is 0 Å². The molecular formula is C15H19N4O2S-. The lowest BCUT2D eigenvalue weighted by Gasteiger charge is -2.20. The molecule has 0 spiro atoms. The molecule has 6 nitrogen and oxygen atoms in total. The minimum atomic E-state index is -0.973. The first-order chi connectivity index (χ1) is 10.7. The quantitative estimate of drug-likeness (QED) is 0.658. The molecule has 0 aliphatic rings. The Balaban J connectivity index is 1.90. The second-order valence-corrected chi connectivity index (χ2v) is 5.73. The van der Waals surface area contributed by atoms with Crippen LogP contribution in [-0.2, 0) is 4.79 Å². The molecule has 0 saturated carbocycles. The maximum atomic E-state index is 10.4. The molecule has 0 aromatic carbocycles. The summed E-state index contributed by atoms with van der Waals surface area (Å²) < 4.78 is 4.23. The number of anilines is 2. The van der Waals surface area contributed by atoms with Gasteiger partial charge in [-0.15, -0.1) is 0 Å². The molecule has 22 heavy (non-hydrogen) atoms. The van der Waals surface area contributed by atoms with Crippen LogP contribution in [-0.4, -0.2) is 26.9 Å². The lowest BCUT2D eigenvalue weighted by molar-refractivity contribution is -0.305. The summed E-state index contributed by atoms with van der Waals surface area (Å²) in [6.45, 7) is 2.66. The van der Waals surface area contributed by atoms with Crippen molar-refractivity contribution in [2.24, 2.45) is 0 Å². The average Bonchev–Trinajstić information content (AvgIpc) is 2.93. The first-order valence-electron chi connectivity index (χ1n) is 7.35. The fourth-order valence-electron chi connectivity index (χ4n) is 2.11. The molecule has 7 heteroatoms. The summed E-state index contributed by atoms with van der Waals surface area (Å²) in [6, 6.07) is 5.78. The van der Waals surface area contributed by atoms with E-state index in [-0.39, 0.29) is 6.42 Å². The van der Waals surface area contributed by atoms with Crippen molar-refractivity contribution >= 4 is 28.5 Å². The predicted molar refractivity (Wildman–Crippen MR) is 84.0 cm³/mol. The van der Waals surface area contributed by atoms with Gasteiger partial charge in [0.1, 0.15) is 11.6 Å². The molecule has 2 rings (SSSR count). The van der Waals surface area contributed by atoms with Gasteiger partial charge in [-0.3, -0.25) is 0 Å². The van der Waals surface area contributed by atoms with Gasteiger partial charge in [-0.05, 0) is 38.3 Å². The summed E-state index contributed by atoms with van der Waals surface area (Å²) in [5, 5.41) is 11.2. The second-order valence-electron chi connectivity index (χ2n) is 5.00. The summed E-state index contributed by atoms with van der Waals surface area (Å²) in [6.07, 6.45) is 5.37. The first-order valence-corrected chi connectivity index (χ1v) is 8.13. The monoisotopic (exact) mass is 319 g/mol. The summed E-state index contributed by atoms with van der Waals surface area (Å²) in [5.41, 5.74) is 0. The van der Waals surface area contributed by atoms with Gasteiger partial charge in [-0.25, -0.2) is 9.97 Å². The summed E-state index contributed by atoms with van der Waals surface area (Å²) in [5.74, 6) is 0.641. The summed E-state index contributed by atoms with van der Waals surface area (Å²) >= 11 is 1.36. The van der Waals surface area contributed by atoms with Gasteiger partial charge in [0.05, 0.1) is 0 Å². The van der Waals surface area contributed by atoms with Crippen LogP contribution < -0.4 is 10.0 Å². The third-order valence-corrected chi connectivity index (χ3v) is 4.02. The highest BCUT2D eigenvalue weighted by atomic mass is 32.1. The van der Waals surface area contributed by atoms with E-state index >= 15 is 0 Å². The molecule has 0 fully saturated rings. The van der Waals surface area contributed by atoms with Gasteiger partial charge in [-0.2, -0.15) is 4.37 Å². The van der Waals surface area contributed by atoms with Crippen LogP contribution in [0.5, 0.6) is 0 Å². The lowest BCUT2D eigenvalue weighted by Crippen LogP contribution is -2.21. The number of nitrogens with zero attached hydrogens (tertiary/aromatic N) is 4. The number of aromatic nitrogens is 3. The Bertz CT molecular complexity index is 588. The van der Waals surface area contributed by atoms with Gasteiger partial charge in [0.15, 0.2) is 0 Å². The highest BCUT2D eigenvalue weighted by Crippen LogP contribution is 2.25. The van der Waals surface area contributed by atoms with Gasteiger partial charge < -0.3 is 14.8 Å². The van der Waals surface area contributed by atoms with E-state index < -0.39 is 5.97 Å². The fourth-order valence-corrected chi connectivity index (χ4v) is 2.82. The maximum Gasteiger partial charge on any atom is 0.210 e. The van der Waals surface area contributed by atoms with Crippen LogP contribution in [0, 0.1) is 6.92 Å². The van der Waals surface area contributed by atoms with Crippen molar-refractivity contribution in [3.8, 4) is 0 Å². The molecule has 0 N–H and O–H groups in total. The fraction of sp³-hybridized carbons (Fsp3) is 0.467. The Morgan fingerprint density at radius 2 is 2.09 bits per heavy atom. The van der Waals surface area contributed by atoms with E-state index in [9.17, 15) is 9.90 Å². The normalized spacial score (nSPS) is 10.6. The van der Waals surface area contributed by atoms with E-state index in [1.165, 1.54) is 11.5 Å². The van der Waals surface area contributed by atoms with E-state index in [4.69, 9.17) is 0 Å². The van der Waals surface area contributed by atoms with Crippen molar-refractivity contribution in [1.29, 1.82) is 0 Å². The van der Waals surface area contributed by atoms with Gasteiger partial charge in [0.2, 0.25) is 5.13 Å². The topological polar surface area (TPSA) is 82.0 Å². The number of hydrogen-bond acceptors (Lipinski definition) is 7. The Kier molecular flexibility index (Phi) is 6.27. The maximum absolute atomic E-state index is 10.4. The Morgan fingerprint density at radius 1 is 1.27 bits per heavy atom. The zero-order valence-electron chi connectivity index (χ0n) is 12.6. The van der Waals surface area contributed by atoms with E-state index in [1.54, 1.807) is 6.20 Å². The van der Waals surface area contributed by atoms with Crippen molar-refractivity contribution in [2.75, 3.05) is 11.4 Å². The molecule has 2 aromatic rings. The molecule has 0 amide bonds. The molecule has 0 atom stereocenters. The summed E-state index contributed by atoms with van der Waals surface area (Å²) in [4.78, 5) is 21.2. The molecule has 118 valence electrons. The van der Waals surface area contributed by atoms with Gasteiger partial charge in [-0.1, -0.05) is 18.9 Å². The average molecular weight is 319 g/mol. The van der Waals surface area contributed by atoms with Gasteiger partial charge in [0, 0.05) is 30.2 Å². The number of pyridine rings is 1. The number of carbonyl (C=O) groups excluding carboxylic acids is 1. The standard InChI is InChI=1S/C15H20N4O2S/c1-12-17-15(22-18-12)19(13-8-5-6-10-16-13)11-7-3-2-4-9-14(20)21/h5-6,8,10H,2-4,7,9,11H2,1H3,(H,20,21)/p-1. The van der Waals surface area contributed by atoms with Crippen LogP contribution >= 0.6 is 11.5 Å². The van der Waals surface area contributed by atoms with Crippen LogP contribution in [0.1, 0.15) is 37.9 Å².